The minimum absolute atomic E-state index is 0.319. The van der Waals surface area contributed by atoms with Gasteiger partial charge in [0.25, 0.3) is 0 Å². The fourth-order valence-corrected chi connectivity index (χ4v) is 2.51. The summed E-state index contributed by atoms with van der Waals surface area (Å²) in [6, 6.07) is 4.86. The lowest BCUT2D eigenvalue weighted by molar-refractivity contribution is 0.456. The van der Waals surface area contributed by atoms with Crippen LogP contribution in [0.3, 0.4) is 0 Å². The Kier molecular flexibility index (Phi) is 3.45. The summed E-state index contributed by atoms with van der Waals surface area (Å²) in [4.78, 5) is 8.69. The molecule has 3 rings (SSSR count). The van der Waals surface area contributed by atoms with Crippen LogP contribution in [-0.4, -0.2) is 14.5 Å². The van der Waals surface area contributed by atoms with E-state index in [1.165, 1.54) is 6.07 Å². The molecule has 0 aliphatic rings. The van der Waals surface area contributed by atoms with Crippen LogP contribution >= 0.6 is 11.6 Å². The summed E-state index contributed by atoms with van der Waals surface area (Å²) in [5.74, 6) is 1.59. The van der Waals surface area contributed by atoms with E-state index in [1.54, 1.807) is 6.07 Å². The summed E-state index contributed by atoms with van der Waals surface area (Å²) in [6.07, 6.45) is 0. The number of imidazole rings is 1. The third-order valence-corrected chi connectivity index (χ3v) is 3.68. The minimum atomic E-state index is -0.357. The molecule has 1 unspecified atom stereocenters. The van der Waals surface area contributed by atoms with Crippen molar-refractivity contribution in [2.24, 2.45) is 0 Å². The molecule has 0 saturated heterocycles. The smallest absolute Gasteiger partial charge is 0.214 e. The molecule has 0 radical (unpaired) electrons. The molecule has 2 heterocycles. The van der Waals surface area contributed by atoms with Gasteiger partial charge in [0.05, 0.1) is 16.6 Å². The molecule has 4 nitrogen and oxygen atoms in total. The zero-order valence-corrected chi connectivity index (χ0v) is 12.8. The van der Waals surface area contributed by atoms with Crippen molar-refractivity contribution < 1.29 is 8.81 Å². The van der Waals surface area contributed by atoms with E-state index in [0.29, 0.717) is 29.3 Å². The monoisotopic (exact) mass is 307 g/mol. The first-order valence-corrected chi connectivity index (χ1v) is 7.12. The highest BCUT2D eigenvalue weighted by molar-refractivity contribution is 6.20. The number of nitrogens with zero attached hydrogens (tertiary/aromatic N) is 3. The van der Waals surface area contributed by atoms with Gasteiger partial charge in [-0.3, -0.25) is 0 Å². The SMILES string of the molecule is Cc1nc(Cn2c(C(C)Cl)nc3c(F)cccc32)oc1C. The molecule has 0 spiro atoms. The van der Waals surface area contributed by atoms with Crippen molar-refractivity contribution in [1.82, 2.24) is 14.5 Å². The average molecular weight is 308 g/mol. The first-order valence-electron chi connectivity index (χ1n) is 6.69. The Bertz CT molecular complexity index is 787. The highest BCUT2D eigenvalue weighted by Crippen LogP contribution is 2.27. The molecule has 0 fully saturated rings. The predicted molar refractivity (Wildman–Crippen MR) is 79.0 cm³/mol. The van der Waals surface area contributed by atoms with E-state index in [2.05, 4.69) is 9.97 Å². The van der Waals surface area contributed by atoms with E-state index in [0.717, 1.165) is 11.5 Å². The standard InChI is InChI=1S/C15H15ClFN3O/c1-8(16)15-19-14-11(17)5-4-6-12(14)20(15)7-13-18-9(2)10(3)21-13/h4-6,8H,7H2,1-3H3. The summed E-state index contributed by atoms with van der Waals surface area (Å²) in [6.45, 7) is 5.94. The van der Waals surface area contributed by atoms with E-state index in [9.17, 15) is 4.39 Å². The minimum Gasteiger partial charge on any atom is -0.444 e. The van der Waals surface area contributed by atoms with Gasteiger partial charge in [-0.1, -0.05) is 6.07 Å². The zero-order valence-electron chi connectivity index (χ0n) is 12.0. The van der Waals surface area contributed by atoms with Gasteiger partial charge in [-0.15, -0.1) is 11.6 Å². The van der Waals surface area contributed by atoms with Gasteiger partial charge in [0.1, 0.15) is 23.6 Å². The molecule has 1 atom stereocenters. The molecular weight excluding hydrogens is 293 g/mol. The van der Waals surface area contributed by atoms with Crippen LogP contribution in [0.5, 0.6) is 0 Å². The molecule has 110 valence electrons. The largest absolute Gasteiger partial charge is 0.444 e. The summed E-state index contributed by atoms with van der Waals surface area (Å²) < 4.78 is 21.3. The molecule has 0 aliphatic heterocycles. The fraction of sp³-hybridized carbons (Fsp3) is 0.333. The number of aromatic nitrogens is 3. The highest BCUT2D eigenvalue weighted by Gasteiger charge is 2.19. The lowest BCUT2D eigenvalue weighted by atomic mass is 10.3. The van der Waals surface area contributed by atoms with Crippen LogP contribution in [0, 0.1) is 19.7 Å². The van der Waals surface area contributed by atoms with Crippen LogP contribution < -0.4 is 0 Å². The molecule has 2 aromatic heterocycles. The molecule has 0 N–H and O–H groups in total. The molecule has 0 amide bonds. The van der Waals surface area contributed by atoms with Crippen LogP contribution in [0.15, 0.2) is 22.6 Å². The van der Waals surface area contributed by atoms with E-state index in [1.807, 2.05) is 31.4 Å². The number of alkyl halides is 1. The van der Waals surface area contributed by atoms with Gasteiger partial charge in [0.2, 0.25) is 5.89 Å². The first kappa shape index (κ1) is 14.1. The molecule has 6 heteroatoms. The van der Waals surface area contributed by atoms with E-state index in [-0.39, 0.29) is 11.2 Å². The van der Waals surface area contributed by atoms with Crippen molar-refractivity contribution in [3.63, 3.8) is 0 Å². The normalized spacial score (nSPS) is 13.0. The highest BCUT2D eigenvalue weighted by atomic mass is 35.5. The summed E-state index contributed by atoms with van der Waals surface area (Å²) in [7, 11) is 0. The topological polar surface area (TPSA) is 43.9 Å². The summed E-state index contributed by atoms with van der Waals surface area (Å²) in [5.41, 5.74) is 1.85. The van der Waals surface area contributed by atoms with Crippen LogP contribution in [0.25, 0.3) is 11.0 Å². The van der Waals surface area contributed by atoms with Crippen molar-refractivity contribution in [3.8, 4) is 0 Å². The maximum atomic E-state index is 13.9. The fourth-order valence-electron chi connectivity index (χ4n) is 2.34. The Balaban J connectivity index is 2.15. The molecule has 0 bridgehead atoms. The first-order chi connectivity index (χ1) is 9.97. The lowest BCUT2D eigenvalue weighted by Crippen LogP contribution is -2.06. The summed E-state index contributed by atoms with van der Waals surface area (Å²) >= 11 is 6.18. The molecular formula is C15H15ClFN3O. The van der Waals surface area contributed by atoms with Crippen molar-refractivity contribution in [3.05, 3.63) is 47.2 Å². The van der Waals surface area contributed by atoms with E-state index in [4.69, 9.17) is 16.0 Å². The molecule has 3 aromatic rings. The Labute approximate surface area is 126 Å². The third kappa shape index (κ3) is 2.42. The second kappa shape index (κ2) is 5.15. The third-order valence-electron chi connectivity index (χ3n) is 3.48. The van der Waals surface area contributed by atoms with Gasteiger partial charge in [-0.25, -0.2) is 14.4 Å². The van der Waals surface area contributed by atoms with Crippen LogP contribution in [0.1, 0.15) is 35.5 Å². The van der Waals surface area contributed by atoms with Crippen molar-refractivity contribution >= 4 is 22.6 Å². The molecule has 0 aliphatic carbocycles. The quantitative estimate of drug-likeness (QED) is 0.683. The van der Waals surface area contributed by atoms with E-state index < -0.39 is 0 Å². The maximum Gasteiger partial charge on any atom is 0.214 e. The van der Waals surface area contributed by atoms with Gasteiger partial charge in [-0.2, -0.15) is 0 Å². The van der Waals surface area contributed by atoms with Gasteiger partial charge in [0, 0.05) is 0 Å². The lowest BCUT2D eigenvalue weighted by Gasteiger charge is -2.08. The Morgan fingerprint density at radius 3 is 2.71 bits per heavy atom. The summed E-state index contributed by atoms with van der Waals surface area (Å²) in [5, 5.41) is -0.339. The van der Waals surface area contributed by atoms with E-state index >= 15 is 0 Å². The molecule has 1 aromatic carbocycles. The van der Waals surface area contributed by atoms with Gasteiger partial charge >= 0.3 is 0 Å². The Morgan fingerprint density at radius 2 is 2.10 bits per heavy atom. The predicted octanol–water partition coefficient (Wildman–Crippen LogP) is 4.13. The molecule has 0 saturated carbocycles. The molecule has 21 heavy (non-hydrogen) atoms. The Hall–Kier alpha value is -1.88. The number of aryl methyl sites for hydroxylation is 2. The second-order valence-corrected chi connectivity index (χ2v) is 5.68. The van der Waals surface area contributed by atoms with Gasteiger partial charge < -0.3 is 8.98 Å². The van der Waals surface area contributed by atoms with Crippen LogP contribution in [0.4, 0.5) is 4.39 Å². The van der Waals surface area contributed by atoms with Crippen LogP contribution in [-0.2, 0) is 6.54 Å². The number of halogens is 2. The maximum absolute atomic E-state index is 13.9. The van der Waals surface area contributed by atoms with Crippen molar-refractivity contribution in [2.45, 2.75) is 32.7 Å². The zero-order chi connectivity index (χ0) is 15.1. The second-order valence-electron chi connectivity index (χ2n) is 5.03. The van der Waals surface area contributed by atoms with Crippen molar-refractivity contribution in [1.29, 1.82) is 0 Å². The number of hydrogen-bond donors (Lipinski definition) is 0. The average Bonchev–Trinajstić information content (AvgIpc) is 2.93. The number of oxazole rings is 1. The van der Waals surface area contributed by atoms with Crippen LogP contribution in [0.2, 0.25) is 0 Å². The Morgan fingerprint density at radius 1 is 1.33 bits per heavy atom. The van der Waals surface area contributed by atoms with Gasteiger partial charge in [0.15, 0.2) is 5.82 Å². The number of fused-ring (bicyclic) bond motifs is 1. The number of rotatable bonds is 3. The van der Waals surface area contributed by atoms with Crippen molar-refractivity contribution in [2.75, 3.05) is 0 Å². The number of benzene rings is 1. The number of hydrogen-bond acceptors (Lipinski definition) is 3. The van der Waals surface area contributed by atoms with Gasteiger partial charge in [-0.05, 0) is 32.9 Å². The number of para-hydroxylation sites is 1.